The van der Waals surface area contributed by atoms with Gasteiger partial charge in [-0.2, -0.15) is 0 Å². The standard InChI is InChI=1S/C24H27N3O3S/c1-27(2)31(29,30)22-16-10-9-15-21(22)17-25-23(28)18-26-24(19-11-5-3-6-12-19)20-13-7-4-8-14-20/h3-16,24,26H,17-18H2,1-2H3,(H,25,28). The van der Waals surface area contributed by atoms with Crippen molar-refractivity contribution in [2.75, 3.05) is 20.6 Å². The van der Waals surface area contributed by atoms with Gasteiger partial charge in [0, 0.05) is 20.6 Å². The Morgan fingerprint density at radius 3 is 1.90 bits per heavy atom. The summed E-state index contributed by atoms with van der Waals surface area (Å²) >= 11 is 0. The van der Waals surface area contributed by atoms with Gasteiger partial charge >= 0.3 is 0 Å². The van der Waals surface area contributed by atoms with Crippen molar-refractivity contribution >= 4 is 15.9 Å². The molecule has 0 radical (unpaired) electrons. The molecule has 7 heteroatoms. The molecule has 162 valence electrons. The van der Waals surface area contributed by atoms with Gasteiger partial charge in [-0.25, -0.2) is 12.7 Å². The van der Waals surface area contributed by atoms with Crippen molar-refractivity contribution in [2.45, 2.75) is 17.5 Å². The molecule has 0 saturated heterocycles. The van der Waals surface area contributed by atoms with E-state index in [1.54, 1.807) is 24.3 Å². The molecule has 0 aliphatic heterocycles. The average Bonchev–Trinajstić information content (AvgIpc) is 2.79. The highest BCUT2D eigenvalue weighted by molar-refractivity contribution is 7.89. The minimum absolute atomic E-state index is 0.0943. The maximum absolute atomic E-state index is 12.5. The Labute approximate surface area is 184 Å². The molecule has 0 aliphatic carbocycles. The first-order valence-corrected chi connectivity index (χ1v) is 11.4. The number of hydrogen-bond acceptors (Lipinski definition) is 4. The van der Waals surface area contributed by atoms with Crippen molar-refractivity contribution in [1.29, 1.82) is 0 Å². The topological polar surface area (TPSA) is 78.5 Å². The van der Waals surface area contributed by atoms with Crippen LogP contribution in [0.5, 0.6) is 0 Å². The lowest BCUT2D eigenvalue weighted by Gasteiger charge is -2.20. The molecule has 0 fully saturated rings. The van der Waals surface area contributed by atoms with Gasteiger partial charge in [0.1, 0.15) is 0 Å². The molecule has 31 heavy (non-hydrogen) atoms. The molecular weight excluding hydrogens is 410 g/mol. The monoisotopic (exact) mass is 437 g/mol. The van der Waals surface area contributed by atoms with E-state index in [0.717, 1.165) is 11.1 Å². The molecule has 3 aromatic carbocycles. The number of benzene rings is 3. The molecule has 0 bridgehead atoms. The lowest BCUT2D eigenvalue weighted by atomic mass is 9.99. The van der Waals surface area contributed by atoms with Gasteiger partial charge in [0.2, 0.25) is 15.9 Å². The molecule has 0 atom stereocenters. The van der Waals surface area contributed by atoms with E-state index in [4.69, 9.17) is 0 Å². The maximum atomic E-state index is 12.5. The van der Waals surface area contributed by atoms with Crippen LogP contribution in [0.3, 0.4) is 0 Å². The van der Waals surface area contributed by atoms with E-state index in [1.165, 1.54) is 18.4 Å². The number of nitrogens with zero attached hydrogens (tertiary/aromatic N) is 1. The second-order valence-corrected chi connectivity index (χ2v) is 9.43. The predicted molar refractivity (Wildman–Crippen MR) is 122 cm³/mol. The molecule has 0 spiro atoms. The zero-order valence-electron chi connectivity index (χ0n) is 17.7. The van der Waals surface area contributed by atoms with Crippen LogP contribution in [0.4, 0.5) is 0 Å². The number of nitrogens with one attached hydrogen (secondary N) is 2. The van der Waals surface area contributed by atoms with Gasteiger partial charge < -0.3 is 5.32 Å². The van der Waals surface area contributed by atoms with E-state index in [2.05, 4.69) is 10.6 Å². The van der Waals surface area contributed by atoms with E-state index in [-0.39, 0.29) is 29.9 Å². The summed E-state index contributed by atoms with van der Waals surface area (Å²) in [6.07, 6.45) is 0. The third-order valence-electron chi connectivity index (χ3n) is 4.94. The number of sulfonamides is 1. The highest BCUT2D eigenvalue weighted by Gasteiger charge is 2.21. The quantitative estimate of drug-likeness (QED) is 0.540. The molecular formula is C24H27N3O3S. The molecule has 0 saturated carbocycles. The molecule has 3 rings (SSSR count). The highest BCUT2D eigenvalue weighted by Crippen LogP contribution is 2.21. The van der Waals surface area contributed by atoms with Crippen LogP contribution in [0.2, 0.25) is 0 Å². The Hall–Kier alpha value is -3.00. The van der Waals surface area contributed by atoms with Gasteiger partial charge in [-0.3, -0.25) is 10.1 Å². The SMILES string of the molecule is CN(C)S(=O)(=O)c1ccccc1CNC(=O)CNC(c1ccccc1)c1ccccc1. The average molecular weight is 438 g/mol. The van der Waals surface area contributed by atoms with Crippen molar-refractivity contribution in [3.63, 3.8) is 0 Å². The molecule has 0 aromatic heterocycles. The third-order valence-corrected chi connectivity index (χ3v) is 6.86. The van der Waals surface area contributed by atoms with Crippen LogP contribution in [0.25, 0.3) is 0 Å². The number of carbonyl (C=O) groups is 1. The van der Waals surface area contributed by atoms with Gasteiger partial charge in [0.05, 0.1) is 17.5 Å². The first-order chi connectivity index (χ1) is 14.9. The zero-order valence-corrected chi connectivity index (χ0v) is 18.5. The Morgan fingerprint density at radius 1 is 0.839 bits per heavy atom. The first kappa shape index (κ1) is 22.7. The van der Waals surface area contributed by atoms with Crippen molar-refractivity contribution in [1.82, 2.24) is 14.9 Å². The Balaban J connectivity index is 1.68. The van der Waals surface area contributed by atoms with E-state index >= 15 is 0 Å². The van der Waals surface area contributed by atoms with Crippen molar-refractivity contribution in [3.8, 4) is 0 Å². The largest absolute Gasteiger partial charge is 0.351 e. The second-order valence-electron chi connectivity index (χ2n) is 7.31. The van der Waals surface area contributed by atoms with E-state index in [0.29, 0.717) is 5.56 Å². The highest BCUT2D eigenvalue weighted by atomic mass is 32.2. The van der Waals surface area contributed by atoms with Crippen LogP contribution < -0.4 is 10.6 Å². The summed E-state index contributed by atoms with van der Waals surface area (Å²) in [4.78, 5) is 12.7. The minimum Gasteiger partial charge on any atom is -0.351 e. The van der Waals surface area contributed by atoms with Gasteiger partial charge in [-0.05, 0) is 22.8 Å². The van der Waals surface area contributed by atoms with E-state index < -0.39 is 10.0 Å². The Bertz CT molecular complexity index is 1060. The van der Waals surface area contributed by atoms with Crippen LogP contribution in [0.1, 0.15) is 22.7 Å². The van der Waals surface area contributed by atoms with Gasteiger partial charge in [-0.1, -0.05) is 78.9 Å². The van der Waals surface area contributed by atoms with Crippen LogP contribution in [-0.2, 0) is 21.4 Å². The van der Waals surface area contributed by atoms with Crippen LogP contribution in [0.15, 0.2) is 89.8 Å². The van der Waals surface area contributed by atoms with E-state index in [9.17, 15) is 13.2 Å². The smallest absolute Gasteiger partial charge is 0.242 e. The number of rotatable bonds is 9. The summed E-state index contributed by atoms with van der Waals surface area (Å²) in [5.74, 6) is -0.214. The first-order valence-electron chi connectivity index (χ1n) is 10.00. The summed E-state index contributed by atoms with van der Waals surface area (Å²) in [5.41, 5.74) is 2.67. The number of carbonyl (C=O) groups excluding carboxylic acids is 1. The zero-order chi connectivity index (χ0) is 22.3. The summed E-state index contributed by atoms with van der Waals surface area (Å²) in [5, 5.41) is 6.14. The summed E-state index contributed by atoms with van der Waals surface area (Å²) in [6, 6.07) is 26.4. The summed E-state index contributed by atoms with van der Waals surface area (Å²) < 4.78 is 26.2. The van der Waals surface area contributed by atoms with Crippen LogP contribution >= 0.6 is 0 Å². The molecule has 6 nitrogen and oxygen atoms in total. The normalized spacial score (nSPS) is 11.6. The Morgan fingerprint density at radius 2 is 1.35 bits per heavy atom. The second kappa shape index (κ2) is 10.3. The van der Waals surface area contributed by atoms with Crippen molar-refractivity contribution < 1.29 is 13.2 Å². The molecule has 0 unspecified atom stereocenters. The minimum atomic E-state index is -3.59. The fourth-order valence-corrected chi connectivity index (χ4v) is 4.38. The third kappa shape index (κ3) is 5.79. The van der Waals surface area contributed by atoms with Crippen LogP contribution in [-0.4, -0.2) is 39.3 Å². The number of hydrogen-bond donors (Lipinski definition) is 2. The summed E-state index contributed by atoms with van der Waals surface area (Å²) in [6.45, 7) is 0.224. The molecule has 3 aromatic rings. The lowest BCUT2D eigenvalue weighted by Crippen LogP contribution is -2.36. The fraction of sp³-hybridized carbons (Fsp3) is 0.208. The molecule has 2 N–H and O–H groups in total. The predicted octanol–water partition coefficient (Wildman–Crippen LogP) is 2.93. The van der Waals surface area contributed by atoms with Gasteiger partial charge in [0.15, 0.2) is 0 Å². The number of amides is 1. The van der Waals surface area contributed by atoms with Crippen molar-refractivity contribution in [2.24, 2.45) is 0 Å². The van der Waals surface area contributed by atoms with Gasteiger partial charge in [0.25, 0.3) is 0 Å². The van der Waals surface area contributed by atoms with Crippen molar-refractivity contribution in [3.05, 3.63) is 102 Å². The molecule has 0 heterocycles. The molecule has 1 amide bonds. The molecule has 0 aliphatic rings. The summed E-state index contributed by atoms with van der Waals surface area (Å²) in [7, 11) is -0.611. The maximum Gasteiger partial charge on any atom is 0.242 e. The fourth-order valence-electron chi connectivity index (χ4n) is 3.27. The van der Waals surface area contributed by atoms with Gasteiger partial charge in [-0.15, -0.1) is 0 Å². The lowest BCUT2D eigenvalue weighted by molar-refractivity contribution is -0.120. The Kier molecular flexibility index (Phi) is 7.57. The van der Waals surface area contributed by atoms with Crippen LogP contribution in [0, 0.1) is 0 Å². The van der Waals surface area contributed by atoms with E-state index in [1.807, 2.05) is 60.7 Å².